The summed E-state index contributed by atoms with van der Waals surface area (Å²) in [4.78, 5) is 11.6. The van der Waals surface area contributed by atoms with Gasteiger partial charge < -0.3 is 14.0 Å². The molecule has 0 spiro atoms. The van der Waals surface area contributed by atoms with Crippen molar-refractivity contribution < 1.29 is 18.8 Å². The van der Waals surface area contributed by atoms with E-state index in [4.69, 9.17) is 27.9 Å². The van der Waals surface area contributed by atoms with Gasteiger partial charge >= 0.3 is 5.97 Å². The first-order valence-electron chi connectivity index (χ1n) is 7.11. The van der Waals surface area contributed by atoms with Crippen molar-refractivity contribution in [2.75, 3.05) is 20.9 Å². The zero-order chi connectivity index (χ0) is 18.6. The Morgan fingerprint density at radius 2 is 1.76 bits per heavy atom. The third-order valence-corrected chi connectivity index (χ3v) is 5.79. The number of benzene rings is 2. The summed E-state index contributed by atoms with van der Waals surface area (Å²) in [6, 6.07) is 9.91. The maximum absolute atomic E-state index is 12.9. The number of hydrogen-bond acceptors (Lipinski definition) is 4. The summed E-state index contributed by atoms with van der Waals surface area (Å²) >= 11 is 12.2. The number of ether oxygens (including phenoxy) is 2. The van der Waals surface area contributed by atoms with E-state index in [-0.39, 0.29) is 15.6 Å². The second kappa shape index (κ2) is 7.97. The van der Waals surface area contributed by atoms with Crippen molar-refractivity contribution in [2.24, 2.45) is 0 Å². The van der Waals surface area contributed by atoms with Crippen LogP contribution in [0.4, 0.5) is 0 Å². The van der Waals surface area contributed by atoms with Gasteiger partial charge in [-0.3, -0.25) is 0 Å². The normalized spacial score (nSPS) is 12.5. The highest BCUT2D eigenvalue weighted by atomic mass is 35.5. The van der Waals surface area contributed by atoms with Crippen LogP contribution in [0.1, 0.15) is 15.9 Å². The molecule has 2 rings (SSSR count). The van der Waals surface area contributed by atoms with Crippen molar-refractivity contribution in [2.45, 2.75) is 0 Å². The molecule has 0 fully saturated rings. The molecule has 7 heteroatoms. The molecule has 0 N–H and O–H groups in total. The maximum Gasteiger partial charge on any atom is 0.340 e. The highest BCUT2D eigenvalue weighted by molar-refractivity contribution is 7.75. The average molecular weight is 397 g/mol. The fourth-order valence-electron chi connectivity index (χ4n) is 2.05. The lowest BCUT2D eigenvalue weighted by Gasteiger charge is -2.08. The first kappa shape index (κ1) is 19.4. The van der Waals surface area contributed by atoms with E-state index in [9.17, 15) is 9.36 Å². The van der Waals surface area contributed by atoms with Crippen molar-refractivity contribution in [3.63, 3.8) is 0 Å². The van der Waals surface area contributed by atoms with Crippen LogP contribution in [0.3, 0.4) is 0 Å². The van der Waals surface area contributed by atoms with E-state index in [1.165, 1.54) is 26.4 Å². The molecule has 4 nitrogen and oxygen atoms in total. The molecule has 0 saturated carbocycles. The Morgan fingerprint density at radius 3 is 2.32 bits per heavy atom. The summed E-state index contributed by atoms with van der Waals surface area (Å²) in [6.07, 6.45) is 0. The second-order valence-corrected chi connectivity index (χ2v) is 8.57. The van der Waals surface area contributed by atoms with Crippen LogP contribution >= 0.6 is 30.3 Å². The third-order valence-electron chi connectivity index (χ3n) is 3.39. The molecule has 0 aromatic heterocycles. The van der Waals surface area contributed by atoms with Crippen LogP contribution < -0.4 is 10.0 Å². The zero-order valence-corrected chi connectivity index (χ0v) is 16.2. The molecule has 0 aliphatic heterocycles. The molecule has 0 bridgehead atoms. The quantitative estimate of drug-likeness (QED) is 0.437. The number of carbonyl (C=O) groups excluding carboxylic acids is 1. The smallest absolute Gasteiger partial charge is 0.340 e. The van der Waals surface area contributed by atoms with Crippen molar-refractivity contribution in [1.29, 1.82) is 0 Å². The number of rotatable bonds is 3. The number of methoxy groups -OCH3 is 2. The van der Waals surface area contributed by atoms with Gasteiger partial charge in [0.25, 0.3) is 0 Å². The molecular weight excluding hydrogens is 382 g/mol. The van der Waals surface area contributed by atoms with Gasteiger partial charge in [0.2, 0.25) is 0 Å². The minimum absolute atomic E-state index is 0.0730. The topological polar surface area (TPSA) is 52.6 Å². The fourth-order valence-corrected chi connectivity index (χ4v) is 3.91. The lowest BCUT2D eigenvalue weighted by molar-refractivity contribution is 0.0601. The molecule has 2 aromatic rings. The Balaban J connectivity index is 2.40. The Hall–Kier alpha value is -1.92. The molecule has 2 aromatic carbocycles. The van der Waals surface area contributed by atoms with Gasteiger partial charge in [0, 0.05) is 17.5 Å². The molecule has 0 saturated heterocycles. The summed E-state index contributed by atoms with van der Waals surface area (Å²) in [5.74, 6) is 2.79. The Kier molecular flexibility index (Phi) is 6.19. The highest BCUT2D eigenvalue weighted by Gasteiger charge is 2.18. The predicted molar refractivity (Wildman–Crippen MR) is 101 cm³/mol. The van der Waals surface area contributed by atoms with E-state index >= 15 is 0 Å². The van der Waals surface area contributed by atoms with E-state index in [2.05, 4.69) is 16.3 Å². The standard InChI is InChI=1S/C18H15Cl2O4P/c1-23-13-5-4-6-14(11-13)25(3,22)8-7-12-9-15(19)17(16(20)10-12)18(21)24-2/h4-6,9-11H,1-3H3. The van der Waals surface area contributed by atoms with E-state index in [0.717, 1.165) is 0 Å². The predicted octanol–water partition coefficient (Wildman–Crippen LogP) is 4.42. The van der Waals surface area contributed by atoms with Gasteiger partial charge in [0.15, 0.2) is 7.14 Å². The van der Waals surface area contributed by atoms with Gasteiger partial charge in [0.1, 0.15) is 5.75 Å². The molecule has 25 heavy (non-hydrogen) atoms. The van der Waals surface area contributed by atoms with Crippen LogP contribution in [-0.4, -0.2) is 26.9 Å². The van der Waals surface area contributed by atoms with Crippen LogP contribution in [-0.2, 0) is 9.30 Å². The van der Waals surface area contributed by atoms with Crippen LogP contribution in [0.5, 0.6) is 5.75 Å². The van der Waals surface area contributed by atoms with E-state index in [1.807, 2.05) is 0 Å². The summed E-state index contributed by atoms with van der Waals surface area (Å²) in [5, 5.41) is 0.828. The van der Waals surface area contributed by atoms with Crippen molar-refractivity contribution in [3.05, 3.63) is 57.6 Å². The van der Waals surface area contributed by atoms with Gasteiger partial charge in [-0.15, -0.1) is 0 Å². The van der Waals surface area contributed by atoms with Gasteiger partial charge in [-0.2, -0.15) is 0 Å². The number of esters is 1. The lowest BCUT2D eigenvalue weighted by Crippen LogP contribution is -2.04. The first-order chi connectivity index (χ1) is 11.8. The molecule has 0 aliphatic rings. The maximum atomic E-state index is 12.9. The molecule has 130 valence electrons. The second-order valence-electron chi connectivity index (χ2n) is 5.17. The van der Waals surface area contributed by atoms with E-state index in [1.54, 1.807) is 30.9 Å². The number of halogens is 2. The fraction of sp³-hybridized carbons (Fsp3) is 0.167. The van der Waals surface area contributed by atoms with Crippen LogP contribution in [0.25, 0.3) is 0 Å². The Morgan fingerprint density at radius 1 is 1.12 bits per heavy atom. The Bertz CT molecular complexity index is 905. The van der Waals surface area contributed by atoms with Gasteiger partial charge in [-0.05, 0) is 29.9 Å². The summed E-state index contributed by atoms with van der Waals surface area (Å²) in [7, 11) is -0.156. The molecule has 1 unspecified atom stereocenters. The molecule has 0 radical (unpaired) electrons. The lowest BCUT2D eigenvalue weighted by atomic mass is 10.1. The van der Waals surface area contributed by atoms with Gasteiger partial charge in [-0.1, -0.05) is 41.3 Å². The Labute approximate surface area is 156 Å². The largest absolute Gasteiger partial charge is 0.497 e. The number of carbonyl (C=O) groups is 1. The average Bonchev–Trinajstić information content (AvgIpc) is 2.59. The molecule has 0 heterocycles. The van der Waals surface area contributed by atoms with Gasteiger partial charge in [-0.25, -0.2) is 4.79 Å². The molecule has 0 aliphatic carbocycles. The molecule has 0 amide bonds. The molecular formula is C18H15Cl2O4P. The summed E-state index contributed by atoms with van der Waals surface area (Å²) < 4.78 is 22.7. The van der Waals surface area contributed by atoms with Crippen molar-refractivity contribution >= 4 is 41.6 Å². The van der Waals surface area contributed by atoms with E-state index in [0.29, 0.717) is 16.6 Å². The van der Waals surface area contributed by atoms with Gasteiger partial charge in [0.05, 0.1) is 29.8 Å². The minimum atomic E-state index is -2.94. The minimum Gasteiger partial charge on any atom is -0.497 e. The van der Waals surface area contributed by atoms with Crippen molar-refractivity contribution in [3.8, 4) is 17.3 Å². The van der Waals surface area contributed by atoms with Crippen LogP contribution in [0.2, 0.25) is 10.0 Å². The van der Waals surface area contributed by atoms with Crippen LogP contribution in [0.15, 0.2) is 36.4 Å². The van der Waals surface area contributed by atoms with E-state index < -0.39 is 13.1 Å². The summed E-state index contributed by atoms with van der Waals surface area (Å²) in [6.45, 7) is 1.57. The monoisotopic (exact) mass is 396 g/mol. The summed E-state index contributed by atoms with van der Waals surface area (Å²) in [5.41, 5.74) is 3.30. The first-order valence-corrected chi connectivity index (χ1v) is 10.0. The van der Waals surface area contributed by atoms with Crippen molar-refractivity contribution in [1.82, 2.24) is 0 Å². The zero-order valence-electron chi connectivity index (χ0n) is 13.8. The highest BCUT2D eigenvalue weighted by Crippen LogP contribution is 2.39. The number of hydrogen-bond donors (Lipinski definition) is 0. The molecule has 1 atom stereocenters. The third kappa shape index (κ3) is 4.58. The SMILES string of the molecule is COC(=O)c1c(Cl)cc(C#CP(C)(=O)c2cccc(OC)c2)cc1Cl. The van der Waals surface area contributed by atoms with Crippen LogP contribution in [0, 0.1) is 11.6 Å².